The first kappa shape index (κ1) is 14.9. The lowest BCUT2D eigenvalue weighted by Crippen LogP contribution is -2.15. The van der Waals surface area contributed by atoms with E-state index in [2.05, 4.69) is 5.32 Å². The monoisotopic (exact) mass is 275 g/mol. The lowest BCUT2D eigenvalue weighted by atomic mass is 9.86. The zero-order valence-corrected chi connectivity index (χ0v) is 12.4. The Morgan fingerprint density at radius 3 is 2.75 bits per heavy atom. The predicted molar refractivity (Wildman–Crippen MR) is 82.0 cm³/mol. The van der Waals surface area contributed by atoms with E-state index in [1.807, 2.05) is 31.2 Å². The van der Waals surface area contributed by atoms with E-state index in [-0.39, 0.29) is 5.91 Å². The van der Waals surface area contributed by atoms with Gasteiger partial charge in [0.2, 0.25) is 5.91 Å². The summed E-state index contributed by atoms with van der Waals surface area (Å²) in [7, 11) is 0. The number of carbonyl (C=O) groups is 1. The third kappa shape index (κ3) is 4.55. The molecular weight excluding hydrogens is 250 g/mol. The third-order valence-electron chi connectivity index (χ3n) is 3.97. The molecule has 0 unspecified atom stereocenters. The molecule has 2 rings (SSSR count). The molecule has 1 aromatic carbocycles. The fourth-order valence-corrected chi connectivity index (χ4v) is 2.88. The van der Waals surface area contributed by atoms with Crippen molar-refractivity contribution in [2.45, 2.75) is 51.9 Å². The summed E-state index contributed by atoms with van der Waals surface area (Å²) in [5.41, 5.74) is 0.781. The van der Waals surface area contributed by atoms with Gasteiger partial charge in [0.05, 0.1) is 12.3 Å². The molecule has 0 atom stereocenters. The second-order valence-electron chi connectivity index (χ2n) is 5.52. The minimum Gasteiger partial charge on any atom is -0.492 e. The van der Waals surface area contributed by atoms with Crippen LogP contribution in [0.1, 0.15) is 51.9 Å². The highest BCUT2D eigenvalue weighted by molar-refractivity contribution is 5.92. The Hall–Kier alpha value is -1.51. The van der Waals surface area contributed by atoms with Crippen LogP contribution in [-0.2, 0) is 4.79 Å². The lowest BCUT2D eigenvalue weighted by Gasteiger charge is -2.21. The number of rotatable bonds is 6. The van der Waals surface area contributed by atoms with Crippen LogP contribution < -0.4 is 10.1 Å². The Morgan fingerprint density at radius 2 is 2.00 bits per heavy atom. The number of nitrogens with one attached hydrogen (secondary N) is 1. The molecule has 1 aromatic rings. The molecule has 0 aliphatic heterocycles. The molecule has 0 heterocycles. The van der Waals surface area contributed by atoms with Crippen LogP contribution in [-0.4, -0.2) is 12.5 Å². The fourth-order valence-electron chi connectivity index (χ4n) is 2.88. The van der Waals surface area contributed by atoms with Gasteiger partial charge in [0.15, 0.2) is 0 Å². The van der Waals surface area contributed by atoms with Crippen LogP contribution in [0, 0.1) is 5.92 Å². The van der Waals surface area contributed by atoms with Crippen molar-refractivity contribution in [1.29, 1.82) is 0 Å². The molecular formula is C17H25NO2. The van der Waals surface area contributed by atoms with Crippen molar-refractivity contribution in [2.24, 2.45) is 5.92 Å². The SMILES string of the molecule is CCOc1ccccc1NC(=O)CCC1CCCCC1. The first-order valence-corrected chi connectivity index (χ1v) is 7.81. The molecule has 0 saturated heterocycles. The molecule has 110 valence electrons. The van der Waals surface area contributed by atoms with E-state index in [1.54, 1.807) is 0 Å². The molecule has 0 aromatic heterocycles. The summed E-state index contributed by atoms with van der Waals surface area (Å²) < 4.78 is 5.52. The summed E-state index contributed by atoms with van der Waals surface area (Å²) in [6.07, 6.45) is 8.25. The average Bonchev–Trinajstić information content (AvgIpc) is 2.49. The van der Waals surface area contributed by atoms with Gasteiger partial charge >= 0.3 is 0 Å². The maximum Gasteiger partial charge on any atom is 0.224 e. The lowest BCUT2D eigenvalue weighted by molar-refractivity contribution is -0.116. The van der Waals surface area contributed by atoms with E-state index in [0.29, 0.717) is 13.0 Å². The Bertz CT molecular complexity index is 425. The second kappa shape index (κ2) is 7.93. The van der Waals surface area contributed by atoms with Gasteiger partial charge in [0, 0.05) is 6.42 Å². The molecule has 1 aliphatic carbocycles. The molecule has 0 spiro atoms. The van der Waals surface area contributed by atoms with Crippen LogP contribution >= 0.6 is 0 Å². The zero-order chi connectivity index (χ0) is 14.2. The van der Waals surface area contributed by atoms with Crippen molar-refractivity contribution in [3.05, 3.63) is 24.3 Å². The first-order valence-electron chi connectivity index (χ1n) is 7.81. The van der Waals surface area contributed by atoms with Gasteiger partial charge in [-0.15, -0.1) is 0 Å². The number of hydrogen-bond donors (Lipinski definition) is 1. The van der Waals surface area contributed by atoms with Gasteiger partial charge in [-0.2, -0.15) is 0 Å². The number of benzene rings is 1. The average molecular weight is 275 g/mol. The van der Waals surface area contributed by atoms with Crippen molar-refractivity contribution in [3.8, 4) is 5.75 Å². The molecule has 3 heteroatoms. The van der Waals surface area contributed by atoms with Gasteiger partial charge in [-0.25, -0.2) is 0 Å². The number of anilines is 1. The molecule has 20 heavy (non-hydrogen) atoms. The normalized spacial score (nSPS) is 15.8. The summed E-state index contributed by atoms with van der Waals surface area (Å²) in [5, 5.41) is 2.97. The van der Waals surface area contributed by atoms with Crippen LogP contribution in [0.25, 0.3) is 0 Å². The van der Waals surface area contributed by atoms with Gasteiger partial charge in [-0.1, -0.05) is 44.2 Å². The second-order valence-corrected chi connectivity index (χ2v) is 5.52. The Kier molecular flexibility index (Phi) is 5.90. The van der Waals surface area contributed by atoms with Gasteiger partial charge in [0.25, 0.3) is 0 Å². The molecule has 1 fully saturated rings. The summed E-state index contributed by atoms with van der Waals surface area (Å²) in [4.78, 5) is 12.0. The van der Waals surface area contributed by atoms with Crippen LogP contribution in [0.2, 0.25) is 0 Å². The largest absolute Gasteiger partial charge is 0.492 e. The van der Waals surface area contributed by atoms with Gasteiger partial charge in [0.1, 0.15) is 5.75 Å². The molecule has 0 bridgehead atoms. The quantitative estimate of drug-likeness (QED) is 0.836. The van der Waals surface area contributed by atoms with E-state index in [4.69, 9.17) is 4.74 Å². The molecule has 1 amide bonds. The van der Waals surface area contributed by atoms with Crippen molar-refractivity contribution in [3.63, 3.8) is 0 Å². The minimum absolute atomic E-state index is 0.0997. The summed E-state index contributed by atoms with van der Waals surface area (Å²) in [6.45, 7) is 2.55. The van der Waals surface area contributed by atoms with Crippen LogP contribution in [0.15, 0.2) is 24.3 Å². The van der Waals surface area contributed by atoms with Gasteiger partial charge < -0.3 is 10.1 Å². The van der Waals surface area contributed by atoms with E-state index in [1.165, 1.54) is 32.1 Å². The van der Waals surface area contributed by atoms with Crippen molar-refractivity contribution in [2.75, 3.05) is 11.9 Å². The van der Waals surface area contributed by atoms with Crippen LogP contribution in [0.5, 0.6) is 5.75 Å². The van der Waals surface area contributed by atoms with E-state index in [0.717, 1.165) is 23.8 Å². The number of ether oxygens (including phenoxy) is 1. The molecule has 1 saturated carbocycles. The summed E-state index contributed by atoms with van der Waals surface area (Å²) in [5.74, 6) is 1.60. The molecule has 0 radical (unpaired) electrons. The smallest absolute Gasteiger partial charge is 0.224 e. The molecule has 3 nitrogen and oxygen atoms in total. The standard InChI is InChI=1S/C17H25NO2/c1-2-20-16-11-7-6-10-15(16)18-17(19)13-12-14-8-4-3-5-9-14/h6-7,10-11,14H,2-5,8-9,12-13H2,1H3,(H,18,19). The Labute approximate surface area is 121 Å². The Balaban J connectivity index is 1.81. The van der Waals surface area contributed by atoms with Crippen molar-refractivity contribution < 1.29 is 9.53 Å². The van der Waals surface area contributed by atoms with Gasteiger partial charge in [-0.3, -0.25) is 4.79 Å². The van der Waals surface area contributed by atoms with Crippen molar-refractivity contribution >= 4 is 11.6 Å². The minimum atomic E-state index is 0.0997. The highest BCUT2D eigenvalue weighted by atomic mass is 16.5. The topological polar surface area (TPSA) is 38.3 Å². The third-order valence-corrected chi connectivity index (χ3v) is 3.97. The highest BCUT2D eigenvalue weighted by Crippen LogP contribution is 2.28. The predicted octanol–water partition coefficient (Wildman–Crippen LogP) is 4.38. The summed E-state index contributed by atoms with van der Waals surface area (Å²) in [6, 6.07) is 7.62. The molecule has 1 N–H and O–H groups in total. The Morgan fingerprint density at radius 1 is 1.25 bits per heavy atom. The van der Waals surface area contributed by atoms with Gasteiger partial charge in [-0.05, 0) is 31.4 Å². The van der Waals surface area contributed by atoms with Crippen LogP contribution in [0.4, 0.5) is 5.69 Å². The maximum atomic E-state index is 12.0. The van der Waals surface area contributed by atoms with Crippen molar-refractivity contribution in [1.82, 2.24) is 0 Å². The number of para-hydroxylation sites is 2. The number of carbonyl (C=O) groups excluding carboxylic acids is 1. The summed E-state index contributed by atoms with van der Waals surface area (Å²) >= 11 is 0. The van der Waals surface area contributed by atoms with Crippen LogP contribution in [0.3, 0.4) is 0 Å². The number of hydrogen-bond acceptors (Lipinski definition) is 2. The molecule has 1 aliphatic rings. The van der Waals surface area contributed by atoms with E-state index >= 15 is 0 Å². The van der Waals surface area contributed by atoms with E-state index in [9.17, 15) is 4.79 Å². The maximum absolute atomic E-state index is 12.0. The van der Waals surface area contributed by atoms with E-state index < -0.39 is 0 Å². The highest BCUT2D eigenvalue weighted by Gasteiger charge is 2.15. The fraction of sp³-hybridized carbons (Fsp3) is 0.588. The zero-order valence-electron chi connectivity index (χ0n) is 12.4. The number of amides is 1. The first-order chi connectivity index (χ1) is 9.79.